The first-order valence-electron chi connectivity index (χ1n) is 23.4. The molecule has 0 fully saturated rings. The van der Waals surface area contributed by atoms with Crippen LogP contribution in [0.25, 0.3) is 32.0 Å². The molecule has 2 aromatic heterocycles. The van der Waals surface area contributed by atoms with E-state index in [0.717, 1.165) is 61.5 Å². The Bertz CT molecular complexity index is 2130. The number of aryl methyl sites for hydroxylation is 1. The first-order chi connectivity index (χ1) is 29.9. The third-order valence-electron chi connectivity index (χ3n) is 11.6. The van der Waals surface area contributed by atoms with Gasteiger partial charge in [0.2, 0.25) is 6.54 Å². The van der Waals surface area contributed by atoms with Gasteiger partial charge in [-0.25, -0.2) is 4.79 Å². The van der Waals surface area contributed by atoms with E-state index in [1.807, 2.05) is 47.6 Å². The number of hydrogen-bond acceptors (Lipinski definition) is 6. The third-order valence-corrected chi connectivity index (χ3v) is 14.0. The highest BCUT2D eigenvalue weighted by molar-refractivity contribution is 7.99. The quantitative estimate of drug-likeness (QED) is 0.0419. The van der Waals surface area contributed by atoms with Gasteiger partial charge in [-0.2, -0.15) is 4.57 Å². The van der Waals surface area contributed by atoms with Gasteiger partial charge in [0.25, 0.3) is 0 Å². The molecule has 0 radical (unpaired) electrons. The molecular formula is C53H69N2O4S2+. The molecule has 0 atom stereocenters. The number of fused-ring (bicyclic) bond motifs is 2. The number of nitrogens with zero attached hydrogens (tertiary/aromatic N) is 2. The average molecular weight is 862 g/mol. The Balaban J connectivity index is 1.33. The number of pyridine rings is 1. The maximum atomic E-state index is 11.3. The van der Waals surface area contributed by atoms with Crippen LogP contribution in [0.2, 0.25) is 0 Å². The van der Waals surface area contributed by atoms with Crippen LogP contribution in [0.15, 0.2) is 95.0 Å². The number of carboxylic acids is 1. The summed E-state index contributed by atoms with van der Waals surface area (Å²) < 4.78 is 14.5. The zero-order valence-electron chi connectivity index (χ0n) is 37.3. The molecule has 1 aliphatic rings. The molecule has 0 bridgehead atoms. The summed E-state index contributed by atoms with van der Waals surface area (Å²) in [4.78, 5) is 19.0. The van der Waals surface area contributed by atoms with Crippen molar-refractivity contribution in [2.45, 2.75) is 153 Å². The summed E-state index contributed by atoms with van der Waals surface area (Å²) in [6.07, 6.45) is 23.9. The van der Waals surface area contributed by atoms with Crippen molar-refractivity contribution in [2.75, 3.05) is 24.7 Å². The van der Waals surface area contributed by atoms with E-state index in [4.69, 9.17) is 9.47 Å². The topological polar surface area (TPSA) is 62.9 Å². The summed E-state index contributed by atoms with van der Waals surface area (Å²) in [7, 11) is 0. The molecular weight excluding hydrogens is 793 g/mol. The molecule has 6 rings (SSSR count). The third kappa shape index (κ3) is 13.1. The Hall–Kier alpha value is -4.27. The van der Waals surface area contributed by atoms with E-state index in [1.165, 1.54) is 131 Å². The number of benzene rings is 3. The summed E-state index contributed by atoms with van der Waals surface area (Å²) in [6, 6.07) is 27.0. The molecule has 0 saturated heterocycles. The van der Waals surface area contributed by atoms with Crippen molar-refractivity contribution in [1.82, 2.24) is 0 Å². The summed E-state index contributed by atoms with van der Waals surface area (Å²) in [6.45, 7) is 11.4. The van der Waals surface area contributed by atoms with E-state index >= 15 is 0 Å². The van der Waals surface area contributed by atoms with Gasteiger partial charge in [-0.15, -0.1) is 11.3 Å². The van der Waals surface area contributed by atoms with Crippen molar-refractivity contribution >= 4 is 40.4 Å². The molecule has 0 saturated carbocycles. The fraction of sp³-hybridized carbons (Fsp3) is 0.472. The van der Waals surface area contributed by atoms with Crippen LogP contribution in [0.4, 0.5) is 11.4 Å². The number of carbonyl (C=O) groups is 1. The molecule has 3 aromatic carbocycles. The monoisotopic (exact) mass is 861 g/mol. The molecule has 0 spiro atoms. The predicted octanol–water partition coefficient (Wildman–Crippen LogP) is 15.3. The minimum Gasteiger partial charge on any atom is -0.493 e. The summed E-state index contributed by atoms with van der Waals surface area (Å²) in [5.74, 6) is 0.942. The van der Waals surface area contributed by atoms with Crippen LogP contribution in [0.1, 0.15) is 136 Å². The molecule has 0 aliphatic carbocycles. The second-order valence-electron chi connectivity index (χ2n) is 16.6. The minimum absolute atomic E-state index is 0.0414. The van der Waals surface area contributed by atoms with Gasteiger partial charge in [-0.05, 0) is 91.3 Å². The number of unbranched alkanes of at least 4 members (excludes halogenated alkanes) is 12. The van der Waals surface area contributed by atoms with E-state index in [-0.39, 0.29) is 6.54 Å². The predicted molar refractivity (Wildman–Crippen MR) is 257 cm³/mol. The van der Waals surface area contributed by atoms with Gasteiger partial charge in [0.05, 0.1) is 24.6 Å². The van der Waals surface area contributed by atoms with Crippen molar-refractivity contribution in [1.29, 1.82) is 0 Å². The van der Waals surface area contributed by atoms with Crippen LogP contribution >= 0.6 is 23.1 Å². The number of carboxylic acid groups (broad SMARTS) is 1. The highest BCUT2D eigenvalue weighted by Crippen LogP contribution is 2.52. The van der Waals surface area contributed by atoms with Crippen LogP contribution in [0.3, 0.4) is 0 Å². The molecule has 6 nitrogen and oxygen atoms in total. The Kier molecular flexibility index (Phi) is 18.5. The fourth-order valence-electron chi connectivity index (χ4n) is 8.14. The molecule has 326 valence electrons. The summed E-state index contributed by atoms with van der Waals surface area (Å²) in [5, 5.41) is 9.30. The van der Waals surface area contributed by atoms with Gasteiger partial charge >= 0.3 is 5.97 Å². The van der Waals surface area contributed by atoms with Crippen molar-refractivity contribution in [3.05, 3.63) is 90.8 Å². The lowest BCUT2D eigenvalue weighted by Gasteiger charge is -2.33. The van der Waals surface area contributed by atoms with Crippen molar-refractivity contribution in [3.8, 4) is 43.5 Å². The largest absolute Gasteiger partial charge is 0.493 e. The SMILES string of the molecule is CCCCCCOc1ccc(-c2ccc3c(c2)Sc2cc(-c4sc(-c5cc[n+](CC(=O)O)cc5)cc4CCCCCC)ccc2N3CCCCCC)c(OCCCCCC)c1. The molecule has 0 unspecified atom stereocenters. The Labute approximate surface area is 374 Å². The van der Waals surface area contributed by atoms with E-state index in [1.54, 1.807) is 4.57 Å². The van der Waals surface area contributed by atoms with Crippen molar-refractivity contribution in [3.63, 3.8) is 0 Å². The van der Waals surface area contributed by atoms with Gasteiger partial charge in [0.1, 0.15) is 11.5 Å². The highest BCUT2D eigenvalue weighted by Gasteiger charge is 2.26. The van der Waals surface area contributed by atoms with Crippen LogP contribution in [0, 0.1) is 0 Å². The number of ether oxygens (including phenoxy) is 2. The maximum Gasteiger partial charge on any atom is 0.370 e. The van der Waals surface area contributed by atoms with Gasteiger partial charge in [0.15, 0.2) is 12.4 Å². The number of anilines is 2. The maximum absolute atomic E-state index is 11.3. The van der Waals surface area contributed by atoms with Crippen LogP contribution in [-0.4, -0.2) is 30.8 Å². The standard InChI is InChI=1S/C53H68N2O4S2/c1-5-9-13-17-21-42-36-49(40-28-31-54(32-29-40)39-52(56)57)61-53(42)43-23-27-47-51(37-43)60-50-35-41(22-26-46(50)55(47)30-18-14-10-6-2)45-25-24-44(58-33-19-15-11-7-3)38-48(45)59-34-20-16-12-8-4/h22-29,31-32,35-38H,5-21,30,33-34,39H2,1-4H3/p+1. The van der Waals surface area contributed by atoms with Gasteiger partial charge < -0.3 is 19.5 Å². The molecule has 0 amide bonds. The number of hydrogen-bond donors (Lipinski definition) is 1. The first kappa shape index (κ1) is 46.2. The van der Waals surface area contributed by atoms with Gasteiger partial charge in [0, 0.05) is 55.4 Å². The molecule has 8 heteroatoms. The number of aromatic nitrogens is 1. The zero-order chi connectivity index (χ0) is 42.8. The van der Waals surface area contributed by atoms with Crippen LogP contribution < -0.4 is 18.9 Å². The second kappa shape index (κ2) is 24.4. The summed E-state index contributed by atoms with van der Waals surface area (Å²) in [5.41, 5.74) is 8.62. The normalized spacial score (nSPS) is 12.0. The average Bonchev–Trinajstić information content (AvgIpc) is 3.70. The van der Waals surface area contributed by atoms with E-state index in [0.29, 0.717) is 6.61 Å². The number of thiophene rings is 1. The van der Waals surface area contributed by atoms with Crippen molar-refractivity contribution in [2.24, 2.45) is 0 Å². The van der Waals surface area contributed by atoms with E-state index in [9.17, 15) is 9.90 Å². The molecule has 5 aromatic rings. The Morgan fingerprint density at radius 1 is 0.623 bits per heavy atom. The lowest BCUT2D eigenvalue weighted by atomic mass is 10.0. The first-order valence-corrected chi connectivity index (χ1v) is 25.0. The lowest BCUT2D eigenvalue weighted by Crippen LogP contribution is -2.36. The van der Waals surface area contributed by atoms with Crippen LogP contribution in [0.5, 0.6) is 11.5 Å². The Morgan fingerprint density at radius 2 is 1.23 bits per heavy atom. The summed E-state index contributed by atoms with van der Waals surface area (Å²) >= 11 is 3.74. The molecule has 3 heterocycles. The Morgan fingerprint density at radius 3 is 1.89 bits per heavy atom. The van der Waals surface area contributed by atoms with Gasteiger partial charge in [-0.3, -0.25) is 0 Å². The van der Waals surface area contributed by atoms with Gasteiger partial charge in [-0.1, -0.05) is 129 Å². The zero-order valence-corrected chi connectivity index (χ0v) is 38.9. The van der Waals surface area contributed by atoms with E-state index in [2.05, 4.69) is 93.3 Å². The fourth-order valence-corrected chi connectivity index (χ4v) is 10.5. The molecule has 1 N–H and O–H groups in total. The van der Waals surface area contributed by atoms with E-state index < -0.39 is 5.97 Å². The second-order valence-corrected chi connectivity index (χ2v) is 18.7. The van der Waals surface area contributed by atoms with Crippen molar-refractivity contribution < 1.29 is 23.9 Å². The smallest absolute Gasteiger partial charge is 0.370 e. The molecule has 1 aliphatic heterocycles. The molecule has 61 heavy (non-hydrogen) atoms. The highest BCUT2D eigenvalue weighted by atomic mass is 32.2. The lowest BCUT2D eigenvalue weighted by molar-refractivity contribution is -0.685. The number of rotatable bonds is 27. The number of aliphatic carboxylic acids is 1. The minimum atomic E-state index is -0.839. The van der Waals surface area contributed by atoms with Crippen LogP contribution in [-0.2, 0) is 17.8 Å².